The number of benzene rings is 2. The van der Waals surface area contributed by atoms with E-state index in [9.17, 15) is 8.78 Å². The molecule has 0 aliphatic heterocycles. The van der Waals surface area contributed by atoms with Gasteiger partial charge >= 0.3 is 0 Å². The molecule has 100 valence electrons. The first kappa shape index (κ1) is 14.2. The van der Waals surface area contributed by atoms with Gasteiger partial charge in [0.15, 0.2) is 0 Å². The van der Waals surface area contributed by atoms with Crippen LogP contribution in [0.15, 0.2) is 36.4 Å². The van der Waals surface area contributed by atoms with Crippen LogP contribution in [0, 0.1) is 25.5 Å². The number of halogens is 3. The van der Waals surface area contributed by atoms with Crippen LogP contribution in [-0.4, -0.2) is 0 Å². The molecule has 0 fully saturated rings. The molecule has 1 unspecified atom stereocenters. The first-order valence-corrected chi connectivity index (χ1v) is 7.05. The lowest BCUT2D eigenvalue weighted by molar-refractivity contribution is 0.548. The molecular weight excluding hydrogens is 310 g/mol. The van der Waals surface area contributed by atoms with Gasteiger partial charge in [0.2, 0.25) is 0 Å². The highest BCUT2D eigenvalue weighted by Gasteiger charge is 2.20. The molecule has 19 heavy (non-hydrogen) atoms. The van der Waals surface area contributed by atoms with Gasteiger partial charge in [-0.05, 0) is 43.0 Å². The predicted octanol–water partition coefficient (Wildman–Crippen LogP) is 5.26. The standard InChI is InChI=1S/C16H15BrF2/c1-10-5-3-4-6-12(10)9-13(17)15-14(18)8-7-11(2)16(15)19/h3-8,13H,9H2,1-2H3. The molecular formula is C16H15BrF2. The fourth-order valence-electron chi connectivity index (χ4n) is 2.10. The van der Waals surface area contributed by atoms with Gasteiger partial charge < -0.3 is 0 Å². The molecule has 3 heteroatoms. The van der Waals surface area contributed by atoms with Crippen molar-refractivity contribution in [3.8, 4) is 0 Å². The molecule has 0 aliphatic rings. The third-order valence-electron chi connectivity index (χ3n) is 3.29. The number of hydrogen-bond acceptors (Lipinski definition) is 0. The van der Waals surface area contributed by atoms with Crippen LogP contribution >= 0.6 is 15.9 Å². The molecule has 0 saturated carbocycles. The second-order valence-corrected chi connectivity index (χ2v) is 5.80. The van der Waals surface area contributed by atoms with Crippen molar-refractivity contribution in [1.82, 2.24) is 0 Å². The average molecular weight is 325 g/mol. The van der Waals surface area contributed by atoms with Crippen LogP contribution in [0.1, 0.15) is 27.1 Å². The van der Waals surface area contributed by atoms with Crippen molar-refractivity contribution in [3.63, 3.8) is 0 Å². The molecule has 0 radical (unpaired) electrons. The topological polar surface area (TPSA) is 0 Å². The lowest BCUT2D eigenvalue weighted by Crippen LogP contribution is -2.04. The second kappa shape index (κ2) is 5.83. The highest BCUT2D eigenvalue weighted by molar-refractivity contribution is 9.09. The molecule has 0 saturated heterocycles. The smallest absolute Gasteiger partial charge is 0.133 e. The summed E-state index contributed by atoms with van der Waals surface area (Å²) in [5, 5.41) is 0. The minimum Gasteiger partial charge on any atom is -0.207 e. The fourth-order valence-corrected chi connectivity index (χ4v) is 2.87. The molecule has 2 aromatic carbocycles. The summed E-state index contributed by atoms with van der Waals surface area (Å²) >= 11 is 3.41. The van der Waals surface area contributed by atoms with Crippen LogP contribution in [0.2, 0.25) is 0 Å². The van der Waals surface area contributed by atoms with E-state index in [2.05, 4.69) is 15.9 Å². The molecule has 0 aliphatic carbocycles. The lowest BCUT2D eigenvalue weighted by atomic mass is 9.99. The van der Waals surface area contributed by atoms with Crippen molar-refractivity contribution >= 4 is 15.9 Å². The Kier molecular flexibility index (Phi) is 4.35. The second-order valence-electron chi connectivity index (χ2n) is 4.69. The number of alkyl halides is 1. The first-order valence-electron chi connectivity index (χ1n) is 6.13. The Balaban J connectivity index is 2.33. The van der Waals surface area contributed by atoms with Crippen molar-refractivity contribution in [2.45, 2.75) is 25.1 Å². The Hall–Kier alpha value is -1.22. The van der Waals surface area contributed by atoms with Crippen LogP contribution in [0.25, 0.3) is 0 Å². The zero-order valence-electron chi connectivity index (χ0n) is 10.9. The summed E-state index contributed by atoms with van der Waals surface area (Å²) in [4.78, 5) is -0.367. The van der Waals surface area contributed by atoms with E-state index in [1.165, 1.54) is 12.1 Å². The van der Waals surface area contributed by atoms with Crippen molar-refractivity contribution < 1.29 is 8.78 Å². The highest BCUT2D eigenvalue weighted by Crippen LogP contribution is 2.33. The summed E-state index contributed by atoms with van der Waals surface area (Å²) in [5.74, 6) is -0.964. The quantitative estimate of drug-likeness (QED) is 0.675. The third kappa shape index (κ3) is 3.03. The summed E-state index contributed by atoms with van der Waals surface area (Å²) in [5.41, 5.74) is 2.79. The normalized spacial score (nSPS) is 12.5. The summed E-state index contributed by atoms with van der Waals surface area (Å²) < 4.78 is 27.9. The Bertz CT molecular complexity index is 593. The minimum absolute atomic E-state index is 0.114. The predicted molar refractivity (Wildman–Crippen MR) is 77.6 cm³/mol. The summed E-state index contributed by atoms with van der Waals surface area (Å²) in [6, 6.07) is 10.6. The van der Waals surface area contributed by atoms with E-state index in [1.807, 2.05) is 31.2 Å². The molecule has 0 aromatic heterocycles. The molecule has 2 rings (SSSR count). The van der Waals surface area contributed by atoms with Crippen LogP contribution in [0.5, 0.6) is 0 Å². The Morgan fingerprint density at radius 3 is 2.37 bits per heavy atom. The van der Waals surface area contributed by atoms with Gasteiger partial charge in [-0.1, -0.05) is 46.3 Å². The van der Waals surface area contributed by atoms with Gasteiger partial charge in [-0.25, -0.2) is 8.78 Å². The van der Waals surface area contributed by atoms with Gasteiger partial charge in [-0.2, -0.15) is 0 Å². The van der Waals surface area contributed by atoms with E-state index in [-0.39, 0.29) is 10.4 Å². The molecule has 1 atom stereocenters. The summed E-state index contributed by atoms with van der Waals surface area (Å²) in [7, 11) is 0. The van der Waals surface area contributed by atoms with Gasteiger partial charge in [0.1, 0.15) is 11.6 Å². The number of rotatable bonds is 3. The molecule has 0 heterocycles. The van der Waals surface area contributed by atoms with E-state index >= 15 is 0 Å². The largest absolute Gasteiger partial charge is 0.207 e. The van der Waals surface area contributed by atoms with Gasteiger partial charge in [0.25, 0.3) is 0 Å². The van der Waals surface area contributed by atoms with E-state index in [4.69, 9.17) is 0 Å². The lowest BCUT2D eigenvalue weighted by Gasteiger charge is -2.15. The highest BCUT2D eigenvalue weighted by atomic mass is 79.9. The maximum Gasteiger partial charge on any atom is 0.133 e. The monoisotopic (exact) mass is 324 g/mol. The van der Waals surface area contributed by atoms with E-state index in [0.29, 0.717) is 12.0 Å². The third-order valence-corrected chi connectivity index (χ3v) is 4.07. The van der Waals surface area contributed by atoms with Crippen molar-refractivity contribution in [3.05, 3.63) is 70.3 Å². The molecule has 2 aromatic rings. The Morgan fingerprint density at radius 1 is 1.00 bits per heavy atom. The molecule has 0 bridgehead atoms. The van der Waals surface area contributed by atoms with Gasteiger partial charge in [0.05, 0.1) is 0 Å². The van der Waals surface area contributed by atoms with E-state index in [0.717, 1.165) is 11.1 Å². The summed E-state index contributed by atoms with van der Waals surface area (Å²) in [6.45, 7) is 3.64. The molecule has 0 N–H and O–H groups in total. The van der Waals surface area contributed by atoms with Crippen molar-refractivity contribution in [2.75, 3.05) is 0 Å². The number of hydrogen-bond donors (Lipinski definition) is 0. The summed E-state index contributed by atoms with van der Waals surface area (Å²) in [6.07, 6.45) is 0.559. The van der Waals surface area contributed by atoms with Crippen LogP contribution in [0.3, 0.4) is 0 Å². The zero-order valence-corrected chi connectivity index (χ0v) is 12.5. The average Bonchev–Trinajstić information content (AvgIpc) is 2.37. The number of aryl methyl sites for hydroxylation is 2. The Morgan fingerprint density at radius 2 is 1.68 bits per heavy atom. The molecule has 0 amide bonds. The van der Waals surface area contributed by atoms with Crippen LogP contribution in [0.4, 0.5) is 8.78 Å². The molecule has 0 nitrogen and oxygen atoms in total. The van der Waals surface area contributed by atoms with Crippen LogP contribution < -0.4 is 0 Å². The van der Waals surface area contributed by atoms with Crippen LogP contribution in [-0.2, 0) is 6.42 Å². The SMILES string of the molecule is Cc1ccccc1CC(Br)c1c(F)ccc(C)c1F. The maximum atomic E-state index is 14.0. The maximum absolute atomic E-state index is 14.0. The first-order chi connectivity index (χ1) is 9.00. The molecule has 0 spiro atoms. The van der Waals surface area contributed by atoms with E-state index in [1.54, 1.807) is 6.92 Å². The van der Waals surface area contributed by atoms with Gasteiger partial charge in [0, 0.05) is 10.4 Å². The fraction of sp³-hybridized carbons (Fsp3) is 0.250. The zero-order chi connectivity index (χ0) is 14.0. The van der Waals surface area contributed by atoms with Gasteiger partial charge in [-0.15, -0.1) is 0 Å². The van der Waals surface area contributed by atoms with E-state index < -0.39 is 11.6 Å². The van der Waals surface area contributed by atoms with Crippen molar-refractivity contribution in [1.29, 1.82) is 0 Å². The Labute approximate surface area is 120 Å². The van der Waals surface area contributed by atoms with Crippen molar-refractivity contribution in [2.24, 2.45) is 0 Å². The minimum atomic E-state index is -0.501. The van der Waals surface area contributed by atoms with Gasteiger partial charge in [-0.3, -0.25) is 0 Å².